The smallest absolute Gasteiger partial charge is 0.527 e. The van der Waals surface area contributed by atoms with E-state index in [1.165, 1.54) is 60.1 Å². The zero-order chi connectivity index (χ0) is 54.3. The van der Waals surface area contributed by atoms with Gasteiger partial charge in [0.1, 0.15) is 5.69 Å². The van der Waals surface area contributed by atoms with Gasteiger partial charge in [0, 0.05) is 40.7 Å². The summed E-state index contributed by atoms with van der Waals surface area (Å²) in [4.78, 5) is 19.0. The minimum Gasteiger partial charge on any atom is -0.527 e. The average molecular weight is 1230 g/mol. The third-order valence-corrected chi connectivity index (χ3v) is 17.7. The molecule has 1 N–H and O–H groups in total. The number of nitrogens with zero attached hydrogens (tertiary/aromatic N) is 4. The third kappa shape index (κ3) is 9.89. The fraction of sp³-hybridized carbons (Fsp3) is 0.158. The molecule has 82 heavy (non-hydrogen) atoms. The summed E-state index contributed by atoms with van der Waals surface area (Å²) in [5.74, 6) is 0.209. The maximum absolute atomic E-state index is 10.3. The van der Waals surface area contributed by atoms with Gasteiger partial charge in [0.05, 0.1) is 6.57 Å². The van der Waals surface area contributed by atoms with Crippen LogP contribution in [-0.2, 0) is 43.8 Å². The summed E-state index contributed by atoms with van der Waals surface area (Å²) in [6.07, 6.45) is 17.0. The second-order valence-corrected chi connectivity index (χ2v) is 22.6. The summed E-state index contributed by atoms with van der Waals surface area (Å²) in [6.45, 7) is 7.61. The maximum atomic E-state index is 10.3. The number of benzene rings is 9. The predicted octanol–water partition coefficient (Wildman–Crippen LogP) is 19.1. The Labute approximate surface area is 493 Å². The van der Waals surface area contributed by atoms with Gasteiger partial charge in [0.25, 0.3) is 0 Å². The van der Waals surface area contributed by atoms with Crippen molar-refractivity contribution >= 4 is 38.0 Å². The molecule has 3 aromatic heterocycles. The Morgan fingerprint density at radius 1 is 0.415 bits per heavy atom. The quantitative estimate of drug-likeness (QED) is 0.0978. The monoisotopic (exact) mass is 1230 g/mol. The van der Waals surface area contributed by atoms with Gasteiger partial charge < -0.3 is 20.1 Å². The van der Waals surface area contributed by atoms with Gasteiger partial charge in [-0.25, -0.2) is 0 Å². The first-order valence-electron chi connectivity index (χ1n) is 28.5. The van der Waals surface area contributed by atoms with Crippen molar-refractivity contribution < 1.29 is 25.2 Å². The van der Waals surface area contributed by atoms with E-state index in [0.717, 1.165) is 126 Å². The molecule has 0 bridgehead atoms. The van der Waals surface area contributed by atoms with Gasteiger partial charge in [0.15, 0.2) is 0 Å². The molecule has 0 radical (unpaired) electrons. The summed E-state index contributed by atoms with van der Waals surface area (Å²) in [7, 11) is 0. The molecule has 2 aliphatic carbocycles. The normalized spacial score (nSPS) is 14.4. The molecule has 2 saturated carbocycles. The van der Waals surface area contributed by atoms with E-state index in [4.69, 9.17) is 21.5 Å². The molecule has 2 fully saturated rings. The van der Waals surface area contributed by atoms with Crippen LogP contribution in [0.4, 0.5) is 5.69 Å². The van der Waals surface area contributed by atoms with Crippen molar-refractivity contribution in [3.05, 3.63) is 271 Å². The first-order valence-corrected chi connectivity index (χ1v) is 28.5. The molecule has 12 aromatic rings. The standard InChI is InChI=1S/C76H57N4O.Ir/c1-77-60-21-15-19-55(42-60)72-33-30-58(48-78-72)75(35-11-12-36-75)46-51-39-52(47-76(37-13-14-38-76)59-31-34-73(79-49-59)56-20-16-22-61(81)43-56)41-57(40-51)62-23-5-6-24-63(62)71-50-80-74(53-17-3-2-4-18-53)45-69(71)54-29-32-68-66-27-8-7-25-64(66)65-26-9-10-28-67(65)70(68)44-54;/h2-10,15-17,21-34,39-45,48-50,81H,11-14,35-38,46-47H2;/q-3;+3. The zero-order valence-electron chi connectivity index (χ0n) is 45.4. The molecule has 14 rings (SSSR count). The van der Waals surface area contributed by atoms with Crippen LogP contribution >= 0.6 is 0 Å². The van der Waals surface area contributed by atoms with E-state index < -0.39 is 0 Å². The molecule has 5 nitrogen and oxygen atoms in total. The number of aromatic nitrogens is 3. The number of rotatable bonds is 12. The molecule has 0 unspecified atom stereocenters. The van der Waals surface area contributed by atoms with Crippen molar-refractivity contribution in [3.8, 4) is 72.9 Å². The molecule has 396 valence electrons. The van der Waals surface area contributed by atoms with Crippen molar-refractivity contribution in [1.29, 1.82) is 0 Å². The topological polar surface area (TPSA) is 63.3 Å². The van der Waals surface area contributed by atoms with Gasteiger partial charge in [-0.3, -0.25) is 4.85 Å². The van der Waals surface area contributed by atoms with Crippen LogP contribution in [-0.4, -0.2) is 20.1 Å². The molecule has 6 heteroatoms. The van der Waals surface area contributed by atoms with Gasteiger partial charge in [-0.05, 0) is 144 Å². The molecule has 2 aliphatic rings. The molecule has 3 heterocycles. The van der Waals surface area contributed by atoms with E-state index in [2.05, 4.69) is 193 Å². The van der Waals surface area contributed by atoms with E-state index >= 15 is 0 Å². The SMILES string of the molecule is [C-]#[N+]c1cc[c-]c(-c2ccc(C3(Cc4cc(CC5(c6ccc(-c7[c-]ccc(O)c7)nc6)CCCC5)cc(-c5ccccc5-c5cnc(-c6[c-]cccc6)cc5-c5ccc6c7ccccc7c7ccccc7c6c5)c4)CCCC3)cn2)c1.[Ir+3]. The Bertz CT molecular complexity index is 4350. The van der Waals surface area contributed by atoms with E-state index in [9.17, 15) is 5.11 Å². The maximum Gasteiger partial charge on any atom is 3.00 e. The molecule has 9 aromatic carbocycles. The average Bonchev–Trinajstić information content (AvgIpc) is 4.16. The van der Waals surface area contributed by atoms with Crippen LogP contribution in [0.25, 0.3) is 104 Å². The van der Waals surface area contributed by atoms with Crippen LogP contribution in [0.5, 0.6) is 5.75 Å². The Balaban J connectivity index is 0.00000631. The van der Waals surface area contributed by atoms with Gasteiger partial charge in [-0.1, -0.05) is 159 Å². The number of hydrogen-bond donors (Lipinski definition) is 1. The summed E-state index contributed by atoms with van der Waals surface area (Å²) in [6, 6.07) is 80.9. The third-order valence-electron chi connectivity index (χ3n) is 17.7. The van der Waals surface area contributed by atoms with E-state index in [1.807, 2.05) is 24.3 Å². The first-order chi connectivity index (χ1) is 39.9. The van der Waals surface area contributed by atoms with Gasteiger partial charge >= 0.3 is 20.1 Å². The number of aromatic hydroxyl groups is 1. The summed E-state index contributed by atoms with van der Waals surface area (Å²) in [5, 5.41) is 17.8. The van der Waals surface area contributed by atoms with Crippen molar-refractivity contribution in [3.63, 3.8) is 0 Å². The molecule has 0 aliphatic heterocycles. The Morgan fingerprint density at radius 3 is 1.52 bits per heavy atom. The van der Waals surface area contributed by atoms with Gasteiger partial charge in [-0.15, -0.1) is 89.5 Å². The molecule has 0 atom stereocenters. The summed E-state index contributed by atoms with van der Waals surface area (Å²) < 4.78 is 0. The van der Waals surface area contributed by atoms with Crippen molar-refractivity contribution in [1.82, 2.24) is 15.0 Å². The van der Waals surface area contributed by atoms with E-state index in [1.54, 1.807) is 24.3 Å². The van der Waals surface area contributed by atoms with Gasteiger partial charge in [0.2, 0.25) is 0 Å². The first kappa shape index (κ1) is 52.5. The number of pyridine rings is 3. The van der Waals surface area contributed by atoms with Crippen LogP contribution in [0.15, 0.2) is 219 Å². The van der Waals surface area contributed by atoms with E-state index in [-0.39, 0.29) is 36.7 Å². The Kier molecular flexibility index (Phi) is 14.2. The number of hydrogen-bond acceptors (Lipinski definition) is 4. The van der Waals surface area contributed by atoms with Crippen LogP contribution in [0.1, 0.15) is 73.6 Å². The Morgan fingerprint density at radius 2 is 0.951 bits per heavy atom. The molecule has 0 spiro atoms. The second kappa shape index (κ2) is 22.2. The summed E-state index contributed by atoms with van der Waals surface area (Å²) >= 11 is 0. The van der Waals surface area contributed by atoms with Crippen molar-refractivity contribution in [2.24, 2.45) is 0 Å². The molecule has 0 amide bonds. The molecule has 0 saturated heterocycles. The molecular weight excluding hydrogens is 1180 g/mol. The van der Waals surface area contributed by atoms with Gasteiger partial charge in [-0.2, -0.15) is 6.07 Å². The number of phenolic OH excluding ortho intramolecular Hbond substituents is 1. The van der Waals surface area contributed by atoms with E-state index in [0.29, 0.717) is 5.69 Å². The largest absolute Gasteiger partial charge is 3.00 e. The van der Waals surface area contributed by atoms with Crippen molar-refractivity contribution in [2.75, 3.05) is 0 Å². The predicted molar refractivity (Wildman–Crippen MR) is 330 cm³/mol. The second-order valence-electron chi connectivity index (χ2n) is 22.6. The number of fused-ring (bicyclic) bond motifs is 6. The van der Waals surface area contributed by atoms with Crippen molar-refractivity contribution in [2.45, 2.75) is 75.0 Å². The van der Waals surface area contributed by atoms with Crippen LogP contribution in [0.2, 0.25) is 0 Å². The van der Waals surface area contributed by atoms with Crippen LogP contribution < -0.4 is 0 Å². The number of phenols is 1. The Hall–Kier alpha value is -8.85. The fourth-order valence-electron chi connectivity index (χ4n) is 13.8. The zero-order valence-corrected chi connectivity index (χ0v) is 47.8. The van der Waals surface area contributed by atoms with Crippen LogP contribution in [0, 0.1) is 24.8 Å². The summed E-state index contributed by atoms with van der Waals surface area (Å²) in [5.41, 5.74) is 17.5. The minimum absolute atomic E-state index is 0. The molecular formula is C76H57IrN4O. The minimum atomic E-state index is -0.0944. The fourth-order valence-corrected chi connectivity index (χ4v) is 13.8. The van der Waals surface area contributed by atoms with Crippen LogP contribution in [0.3, 0.4) is 0 Å².